The van der Waals surface area contributed by atoms with Gasteiger partial charge < -0.3 is 16.2 Å². The third-order valence-corrected chi connectivity index (χ3v) is 4.56. The molecule has 3 heteroatoms. The summed E-state index contributed by atoms with van der Waals surface area (Å²) in [4.78, 5) is 0. The lowest BCUT2D eigenvalue weighted by Gasteiger charge is -2.39. The SMILES string of the molecule is NCCNCCC(O)(c1ccccc1)C1CCCCC1. The maximum absolute atomic E-state index is 11.3. The van der Waals surface area contributed by atoms with Gasteiger partial charge in [-0.05, 0) is 37.3 Å². The zero-order valence-corrected chi connectivity index (χ0v) is 12.4. The quantitative estimate of drug-likeness (QED) is 0.670. The van der Waals surface area contributed by atoms with Gasteiger partial charge in [0.25, 0.3) is 0 Å². The molecule has 1 saturated carbocycles. The van der Waals surface area contributed by atoms with Gasteiger partial charge in [-0.1, -0.05) is 49.6 Å². The lowest BCUT2D eigenvalue weighted by Crippen LogP contribution is -2.39. The molecular weight excluding hydrogens is 248 g/mol. The van der Waals surface area contributed by atoms with Gasteiger partial charge in [0.1, 0.15) is 0 Å². The Hall–Kier alpha value is -0.900. The predicted molar refractivity (Wildman–Crippen MR) is 83.5 cm³/mol. The standard InChI is InChI=1S/C17H28N2O/c18-12-14-19-13-11-17(20,15-7-3-1-4-8-15)16-9-5-2-6-10-16/h1,3-4,7-8,16,19-20H,2,5-6,9-14,18H2. The van der Waals surface area contributed by atoms with Gasteiger partial charge in [-0.3, -0.25) is 0 Å². The van der Waals surface area contributed by atoms with E-state index in [1.54, 1.807) is 0 Å². The molecule has 20 heavy (non-hydrogen) atoms. The van der Waals surface area contributed by atoms with Crippen molar-refractivity contribution in [2.24, 2.45) is 11.7 Å². The molecule has 4 N–H and O–H groups in total. The first-order valence-electron chi connectivity index (χ1n) is 7.96. The van der Waals surface area contributed by atoms with Gasteiger partial charge in [0.15, 0.2) is 0 Å². The zero-order chi connectivity index (χ0) is 14.3. The molecule has 0 radical (unpaired) electrons. The van der Waals surface area contributed by atoms with Crippen molar-refractivity contribution in [2.45, 2.75) is 44.1 Å². The van der Waals surface area contributed by atoms with Gasteiger partial charge in [0.2, 0.25) is 0 Å². The predicted octanol–water partition coefficient (Wildman–Crippen LogP) is 2.39. The lowest BCUT2D eigenvalue weighted by molar-refractivity contribution is -0.0455. The monoisotopic (exact) mass is 276 g/mol. The molecule has 0 heterocycles. The van der Waals surface area contributed by atoms with Crippen LogP contribution in [0.4, 0.5) is 0 Å². The van der Waals surface area contributed by atoms with Gasteiger partial charge in [0.05, 0.1) is 5.60 Å². The van der Waals surface area contributed by atoms with Crippen LogP contribution >= 0.6 is 0 Å². The molecule has 2 rings (SSSR count). The Balaban J connectivity index is 2.09. The Bertz CT molecular complexity index is 376. The zero-order valence-electron chi connectivity index (χ0n) is 12.4. The Morgan fingerprint density at radius 2 is 1.80 bits per heavy atom. The van der Waals surface area contributed by atoms with Crippen LogP contribution in [0, 0.1) is 5.92 Å². The summed E-state index contributed by atoms with van der Waals surface area (Å²) >= 11 is 0. The van der Waals surface area contributed by atoms with E-state index in [9.17, 15) is 5.11 Å². The molecule has 1 aromatic carbocycles. The van der Waals surface area contributed by atoms with Crippen molar-refractivity contribution in [3.05, 3.63) is 35.9 Å². The van der Waals surface area contributed by atoms with Gasteiger partial charge in [-0.2, -0.15) is 0 Å². The van der Waals surface area contributed by atoms with Crippen LogP contribution in [-0.4, -0.2) is 24.7 Å². The van der Waals surface area contributed by atoms with Crippen LogP contribution < -0.4 is 11.1 Å². The van der Waals surface area contributed by atoms with Crippen molar-refractivity contribution in [3.8, 4) is 0 Å². The number of nitrogens with one attached hydrogen (secondary N) is 1. The fourth-order valence-electron chi connectivity index (χ4n) is 3.40. The molecular formula is C17H28N2O. The molecule has 0 aromatic heterocycles. The van der Waals surface area contributed by atoms with Crippen molar-refractivity contribution in [1.29, 1.82) is 0 Å². The maximum Gasteiger partial charge on any atom is 0.0936 e. The summed E-state index contributed by atoms with van der Waals surface area (Å²) in [6, 6.07) is 10.2. The first kappa shape index (κ1) is 15.5. The van der Waals surface area contributed by atoms with E-state index in [1.807, 2.05) is 18.2 Å². The minimum absolute atomic E-state index is 0.387. The van der Waals surface area contributed by atoms with Crippen molar-refractivity contribution >= 4 is 0 Å². The molecule has 1 aromatic rings. The minimum atomic E-state index is -0.691. The van der Waals surface area contributed by atoms with Gasteiger partial charge in [-0.25, -0.2) is 0 Å². The second kappa shape index (κ2) is 7.77. The summed E-state index contributed by atoms with van der Waals surface area (Å²) in [5.74, 6) is 0.387. The Morgan fingerprint density at radius 3 is 2.45 bits per heavy atom. The Morgan fingerprint density at radius 1 is 1.10 bits per heavy atom. The number of aliphatic hydroxyl groups is 1. The largest absolute Gasteiger partial charge is 0.385 e. The maximum atomic E-state index is 11.3. The Labute approximate surface area is 122 Å². The van der Waals surface area contributed by atoms with Gasteiger partial charge >= 0.3 is 0 Å². The average molecular weight is 276 g/mol. The van der Waals surface area contributed by atoms with Crippen LogP contribution in [0.1, 0.15) is 44.1 Å². The van der Waals surface area contributed by atoms with Crippen molar-refractivity contribution < 1.29 is 5.11 Å². The summed E-state index contributed by atoms with van der Waals surface area (Å²) < 4.78 is 0. The van der Waals surface area contributed by atoms with Crippen molar-refractivity contribution in [2.75, 3.05) is 19.6 Å². The molecule has 0 bridgehead atoms. The number of hydrogen-bond acceptors (Lipinski definition) is 3. The van der Waals surface area contributed by atoms with Crippen LogP contribution in [-0.2, 0) is 5.60 Å². The highest BCUT2D eigenvalue weighted by Crippen LogP contribution is 2.41. The van der Waals surface area contributed by atoms with Crippen molar-refractivity contribution in [1.82, 2.24) is 5.32 Å². The van der Waals surface area contributed by atoms with Gasteiger partial charge in [0, 0.05) is 13.1 Å². The summed E-state index contributed by atoms with van der Waals surface area (Å²) in [6.45, 7) is 2.28. The lowest BCUT2D eigenvalue weighted by atomic mass is 9.72. The van der Waals surface area contributed by atoms with Crippen molar-refractivity contribution in [3.63, 3.8) is 0 Å². The van der Waals surface area contributed by atoms with E-state index in [-0.39, 0.29) is 0 Å². The van der Waals surface area contributed by atoms with Gasteiger partial charge in [-0.15, -0.1) is 0 Å². The molecule has 1 unspecified atom stereocenters. The number of nitrogens with two attached hydrogens (primary N) is 1. The van der Waals surface area contributed by atoms with E-state index in [0.717, 1.165) is 37.9 Å². The molecule has 1 atom stereocenters. The molecule has 0 aliphatic heterocycles. The van der Waals surface area contributed by atoms with E-state index in [4.69, 9.17) is 5.73 Å². The minimum Gasteiger partial charge on any atom is -0.385 e. The average Bonchev–Trinajstić information content (AvgIpc) is 2.53. The number of rotatable bonds is 7. The molecule has 3 nitrogen and oxygen atoms in total. The van der Waals surface area contributed by atoms with Crippen LogP contribution in [0.25, 0.3) is 0 Å². The molecule has 0 spiro atoms. The second-order valence-corrected chi connectivity index (χ2v) is 5.91. The number of hydrogen-bond donors (Lipinski definition) is 3. The fraction of sp³-hybridized carbons (Fsp3) is 0.647. The first-order valence-corrected chi connectivity index (χ1v) is 7.96. The highest BCUT2D eigenvalue weighted by molar-refractivity contribution is 5.23. The van der Waals surface area contributed by atoms with E-state index in [2.05, 4.69) is 17.4 Å². The van der Waals surface area contributed by atoms with Crippen LogP contribution in [0.3, 0.4) is 0 Å². The third kappa shape index (κ3) is 3.81. The molecule has 1 aliphatic carbocycles. The molecule has 1 fully saturated rings. The number of benzene rings is 1. The molecule has 1 aliphatic rings. The molecule has 112 valence electrons. The summed E-state index contributed by atoms with van der Waals surface area (Å²) in [5.41, 5.74) is 5.89. The highest BCUT2D eigenvalue weighted by Gasteiger charge is 2.38. The molecule has 0 saturated heterocycles. The van der Waals surface area contributed by atoms with Crippen LogP contribution in [0.15, 0.2) is 30.3 Å². The van der Waals surface area contributed by atoms with Crippen LogP contribution in [0.2, 0.25) is 0 Å². The normalized spacial score (nSPS) is 19.7. The molecule has 0 amide bonds. The summed E-state index contributed by atoms with van der Waals surface area (Å²) in [6.07, 6.45) is 6.85. The smallest absolute Gasteiger partial charge is 0.0936 e. The second-order valence-electron chi connectivity index (χ2n) is 5.91. The topological polar surface area (TPSA) is 58.3 Å². The third-order valence-electron chi connectivity index (χ3n) is 4.56. The summed E-state index contributed by atoms with van der Waals surface area (Å²) in [5, 5.41) is 14.7. The van der Waals surface area contributed by atoms with E-state index < -0.39 is 5.60 Å². The summed E-state index contributed by atoms with van der Waals surface area (Å²) in [7, 11) is 0. The van der Waals surface area contributed by atoms with E-state index in [0.29, 0.717) is 12.5 Å². The van der Waals surface area contributed by atoms with E-state index >= 15 is 0 Å². The van der Waals surface area contributed by atoms with E-state index in [1.165, 1.54) is 19.3 Å². The fourth-order valence-corrected chi connectivity index (χ4v) is 3.40. The van der Waals surface area contributed by atoms with Crippen LogP contribution in [0.5, 0.6) is 0 Å². The first-order chi connectivity index (χ1) is 9.77. The Kier molecular flexibility index (Phi) is 6.02. The highest BCUT2D eigenvalue weighted by atomic mass is 16.3.